The molecule has 0 amide bonds. The molecule has 0 aliphatic carbocycles. The predicted molar refractivity (Wildman–Crippen MR) is 95.9 cm³/mol. The number of rotatable bonds is 13. The van der Waals surface area contributed by atoms with Gasteiger partial charge in [-0.25, -0.2) is 0 Å². The summed E-state index contributed by atoms with van der Waals surface area (Å²) in [4.78, 5) is 3.98. The molecule has 140 valence electrons. The zero-order chi connectivity index (χ0) is 18.0. The van der Waals surface area contributed by atoms with Crippen LogP contribution in [0.15, 0.2) is 4.99 Å². The van der Waals surface area contributed by atoms with Gasteiger partial charge in [0.1, 0.15) is 0 Å². The molecule has 7 nitrogen and oxygen atoms in total. The van der Waals surface area contributed by atoms with Crippen LogP contribution < -0.4 is 11.5 Å². The van der Waals surface area contributed by atoms with E-state index in [4.69, 9.17) is 29.0 Å². The molecule has 0 spiro atoms. The Balaban J connectivity index is 0. The quantitative estimate of drug-likeness (QED) is 0.173. The number of hydrogen-bond donors (Lipinski definition) is 4. The van der Waals surface area contributed by atoms with Crippen LogP contribution in [0.1, 0.15) is 84.0 Å². The van der Waals surface area contributed by atoms with Crippen LogP contribution in [0.25, 0.3) is 0 Å². The lowest BCUT2D eigenvalue weighted by Gasteiger charge is -2.02. The molecule has 0 fully saturated rings. The van der Waals surface area contributed by atoms with Crippen molar-refractivity contribution in [2.45, 2.75) is 84.0 Å². The average molecular weight is 354 g/mol. The van der Waals surface area contributed by atoms with Crippen LogP contribution in [-0.2, 0) is 10.4 Å². The normalized spacial score (nSPS) is 10.7. The van der Waals surface area contributed by atoms with Gasteiger partial charge in [-0.15, -0.1) is 0 Å². The minimum Gasteiger partial charge on any atom is -0.370 e. The molecule has 23 heavy (non-hydrogen) atoms. The van der Waals surface area contributed by atoms with Gasteiger partial charge < -0.3 is 11.5 Å². The minimum atomic E-state index is -4.67. The lowest BCUT2D eigenvalue weighted by atomic mass is 10.1. The highest BCUT2D eigenvalue weighted by molar-refractivity contribution is 7.79. The molecule has 0 aromatic rings. The van der Waals surface area contributed by atoms with Crippen LogP contribution in [0.2, 0.25) is 0 Å². The Kier molecular flexibility index (Phi) is 18.6. The van der Waals surface area contributed by atoms with Crippen LogP contribution in [0.3, 0.4) is 0 Å². The van der Waals surface area contributed by atoms with Gasteiger partial charge >= 0.3 is 10.4 Å². The zero-order valence-electron chi connectivity index (χ0n) is 14.4. The Hall–Kier alpha value is -0.860. The van der Waals surface area contributed by atoms with Crippen LogP contribution >= 0.6 is 0 Å². The van der Waals surface area contributed by atoms with Crippen molar-refractivity contribution in [1.82, 2.24) is 0 Å². The summed E-state index contributed by atoms with van der Waals surface area (Å²) in [7, 11) is -4.67. The second-order valence-electron chi connectivity index (χ2n) is 5.64. The SMILES string of the molecule is CCCCCCCCCCCCCCN=C(N)N.O=S(=O)(O)O. The van der Waals surface area contributed by atoms with Gasteiger partial charge in [-0.05, 0) is 6.42 Å². The first-order valence-corrected chi connectivity index (χ1v) is 9.92. The Morgan fingerprint density at radius 3 is 1.39 bits per heavy atom. The maximum Gasteiger partial charge on any atom is 0.394 e. The summed E-state index contributed by atoms with van der Waals surface area (Å²) in [5.41, 5.74) is 10.5. The fraction of sp³-hybridized carbons (Fsp3) is 0.933. The molecule has 0 saturated heterocycles. The van der Waals surface area contributed by atoms with Crippen molar-refractivity contribution in [2.24, 2.45) is 16.5 Å². The van der Waals surface area contributed by atoms with Gasteiger partial charge in [-0.3, -0.25) is 14.1 Å². The van der Waals surface area contributed by atoms with E-state index < -0.39 is 10.4 Å². The highest BCUT2D eigenvalue weighted by Gasteiger charge is 1.93. The molecule has 0 bridgehead atoms. The molecule has 0 aromatic carbocycles. The van der Waals surface area contributed by atoms with Crippen LogP contribution in [0.4, 0.5) is 0 Å². The number of aliphatic imine (C=N–C) groups is 1. The van der Waals surface area contributed by atoms with E-state index in [1.54, 1.807) is 0 Å². The van der Waals surface area contributed by atoms with Crippen molar-refractivity contribution in [1.29, 1.82) is 0 Å². The van der Waals surface area contributed by atoms with Crippen molar-refractivity contribution in [3.8, 4) is 0 Å². The second-order valence-corrected chi connectivity index (χ2v) is 6.54. The number of nitrogens with zero attached hydrogens (tertiary/aromatic N) is 1. The highest BCUT2D eigenvalue weighted by Crippen LogP contribution is 2.11. The Morgan fingerprint density at radius 1 is 0.783 bits per heavy atom. The molecule has 0 aliphatic heterocycles. The summed E-state index contributed by atoms with van der Waals surface area (Å²) in [5, 5.41) is 0. The van der Waals surface area contributed by atoms with Crippen LogP contribution in [-0.4, -0.2) is 30.0 Å². The monoisotopic (exact) mass is 353 g/mol. The summed E-state index contributed by atoms with van der Waals surface area (Å²) in [6.07, 6.45) is 16.4. The molecule has 0 heterocycles. The molecular weight excluding hydrogens is 318 g/mol. The van der Waals surface area contributed by atoms with E-state index in [1.807, 2.05) is 0 Å². The van der Waals surface area contributed by atoms with Crippen molar-refractivity contribution in [2.75, 3.05) is 6.54 Å². The first kappa shape index (κ1) is 24.4. The third-order valence-electron chi connectivity index (χ3n) is 3.31. The van der Waals surface area contributed by atoms with E-state index in [0.29, 0.717) is 0 Å². The van der Waals surface area contributed by atoms with Crippen molar-refractivity contribution >= 4 is 16.4 Å². The van der Waals surface area contributed by atoms with Gasteiger partial charge in [0.2, 0.25) is 0 Å². The topological polar surface area (TPSA) is 139 Å². The smallest absolute Gasteiger partial charge is 0.370 e. The standard InChI is InChI=1S/C15H33N3.H2O4S/c1-2-3-4-5-6-7-8-9-10-11-12-13-14-18-15(16)17;1-5(2,3)4/h2-14H2,1H3,(H4,16,17,18);(H2,1,2,3,4). The predicted octanol–water partition coefficient (Wildman–Crippen LogP) is 3.31. The second kappa shape index (κ2) is 17.5. The van der Waals surface area contributed by atoms with E-state index >= 15 is 0 Å². The molecular formula is C15H35N3O4S. The number of hydrogen-bond acceptors (Lipinski definition) is 3. The number of guanidine groups is 1. The largest absolute Gasteiger partial charge is 0.394 e. The fourth-order valence-corrected chi connectivity index (χ4v) is 2.16. The third-order valence-corrected chi connectivity index (χ3v) is 3.31. The average Bonchev–Trinajstić information content (AvgIpc) is 2.42. The van der Waals surface area contributed by atoms with Crippen LogP contribution in [0, 0.1) is 0 Å². The molecule has 0 saturated carbocycles. The number of unbranched alkanes of at least 4 members (excludes halogenated alkanes) is 11. The molecule has 0 atom stereocenters. The van der Waals surface area contributed by atoms with Gasteiger partial charge in [0, 0.05) is 6.54 Å². The summed E-state index contributed by atoms with van der Waals surface area (Å²) in [6.45, 7) is 3.06. The summed E-state index contributed by atoms with van der Waals surface area (Å²) >= 11 is 0. The molecule has 0 unspecified atom stereocenters. The Labute approximate surface area is 141 Å². The van der Waals surface area contributed by atoms with Crippen molar-refractivity contribution < 1.29 is 17.5 Å². The van der Waals surface area contributed by atoms with Crippen molar-refractivity contribution in [3.63, 3.8) is 0 Å². The van der Waals surface area contributed by atoms with Gasteiger partial charge in [-0.2, -0.15) is 8.42 Å². The Morgan fingerprint density at radius 2 is 1.09 bits per heavy atom. The summed E-state index contributed by atoms with van der Waals surface area (Å²) in [6, 6.07) is 0. The highest BCUT2D eigenvalue weighted by atomic mass is 32.3. The van der Waals surface area contributed by atoms with E-state index in [2.05, 4.69) is 11.9 Å². The van der Waals surface area contributed by atoms with Gasteiger partial charge in [-0.1, -0.05) is 77.6 Å². The lowest BCUT2D eigenvalue weighted by molar-refractivity contribution is 0.381. The van der Waals surface area contributed by atoms with E-state index in [-0.39, 0.29) is 5.96 Å². The van der Waals surface area contributed by atoms with Gasteiger partial charge in [0.15, 0.2) is 5.96 Å². The van der Waals surface area contributed by atoms with Crippen LogP contribution in [0.5, 0.6) is 0 Å². The first-order chi connectivity index (χ1) is 10.8. The first-order valence-electron chi connectivity index (χ1n) is 8.52. The van der Waals surface area contributed by atoms with Gasteiger partial charge in [0.05, 0.1) is 0 Å². The number of nitrogens with two attached hydrogens (primary N) is 2. The Bertz CT molecular complexity index is 361. The molecule has 6 N–H and O–H groups in total. The molecule has 0 radical (unpaired) electrons. The van der Waals surface area contributed by atoms with E-state index in [0.717, 1.165) is 13.0 Å². The van der Waals surface area contributed by atoms with Crippen molar-refractivity contribution in [3.05, 3.63) is 0 Å². The summed E-state index contributed by atoms with van der Waals surface area (Å²) < 4.78 is 31.6. The van der Waals surface area contributed by atoms with E-state index in [9.17, 15) is 0 Å². The minimum absolute atomic E-state index is 0.220. The van der Waals surface area contributed by atoms with E-state index in [1.165, 1.54) is 70.6 Å². The summed E-state index contributed by atoms with van der Waals surface area (Å²) in [5.74, 6) is 0.220. The molecule has 8 heteroatoms. The fourth-order valence-electron chi connectivity index (χ4n) is 2.16. The maximum absolute atomic E-state index is 8.74. The maximum atomic E-state index is 8.74. The zero-order valence-corrected chi connectivity index (χ0v) is 15.2. The molecule has 0 rings (SSSR count). The third kappa shape index (κ3) is 38.7. The molecule has 0 aromatic heterocycles. The molecule has 0 aliphatic rings. The van der Waals surface area contributed by atoms with Gasteiger partial charge in [0.25, 0.3) is 0 Å². The lowest BCUT2D eigenvalue weighted by Crippen LogP contribution is -2.22.